The van der Waals surface area contributed by atoms with E-state index in [0.717, 1.165) is 16.8 Å². The number of nitrogens with zero attached hydrogens (tertiary/aromatic N) is 1. The number of nitrogen functional groups attached to an aromatic ring is 1. The van der Waals surface area contributed by atoms with Crippen LogP contribution in [-0.2, 0) is 5.88 Å². The molecule has 0 spiro atoms. The molecule has 0 bridgehead atoms. The van der Waals surface area contributed by atoms with E-state index in [4.69, 9.17) is 34.8 Å². The number of benzene rings is 2. The highest BCUT2D eigenvalue weighted by Crippen LogP contribution is 2.44. The van der Waals surface area contributed by atoms with Gasteiger partial charge in [0, 0.05) is 23.9 Å². The van der Waals surface area contributed by atoms with Crippen molar-refractivity contribution in [3.8, 4) is 0 Å². The van der Waals surface area contributed by atoms with Gasteiger partial charge in [-0.25, -0.2) is 5.84 Å². The van der Waals surface area contributed by atoms with Gasteiger partial charge in [0.1, 0.15) is 0 Å². The lowest BCUT2D eigenvalue weighted by molar-refractivity contribution is 0.357. The Bertz CT molecular complexity index is 764. The van der Waals surface area contributed by atoms with Gasteiger partial charge in [0.15, 0.2) is 0 Å². The average molecular weight is 380 g/mol. The van der Waals surface area contributed by atoms with E-state index in [1.54, 1.807) is 12.1 Å². The van der Waals surface area contributed by atoms with Crippen LogP contribution in [0.25, 0.3) is 0 Å². The van der Waals surface area contributed by atoms with Gasteiger partial charge in [-0.1, -0.05) is 50.6 Å². The quantitative estimate of drug-likeness (QED) is 0.321. The molecule has 25 heavy (non-hydrogen) atoms. The number of alkyl halides is 1. The second-order valence-electron chi connectivity index (χ2n) is 7.61. The molecule has 0 saturated heterocycles. The minimum atomic E-state index is -0.00918. The Morgan fingerprint density at radius 1 is 1.16 bits per heavy atom. The zero-order valence-corrected chi connectivity index (χ0v) is 17.0. The highest BCUT2D eigenvalue weighted by molar-refractivity contribution is 6.32. The van der Waals surface area contributed by atoms with Crippen molar-refractivity contribution in [1.82, 2.24) is 0 Å². The van der Waals surface area contributed by atoms with Crippen LogP contribution in [0.2, 0.25) is 5.02 Å². The second kappa shape index (κ2) is 7.45. The summed E-state index contributed by atoms with van der Waals surface area (Å²) in [5.74, 6) is 6.43. The van der Waals surface area contributed by atoms with Crippen molar-refractivity contribution in [2.24, 2.45) is 11.3 Å². The molecule has 0 amide bonds. The molecule has 0 heterocycles. The lowest BCUT2D eigenvalue weighted by atomic mass is 9.71. The van der Waals surface area contributed by atoms with Crippen molar-refractivity contribution in [3.63, 3.8) is 0 Å². The van der Waals surface area contributed by atoms with E-state index in [1.807, 2.05) is 12.1 Å². The van der Waals surface area contributed by atoms with Crippen LogP contribution in [0, 0.1) is 12.3 Å². The van der Waals surface area contributed by atoms with Crippen molar-refractivity contribution >= 4 is 34.6 Å². The first-order valence-electron chi connectivity index (χ1n) is 8.29. The van der Waals surface area contributed by atoms with Crippen LogP contribution >= 0.6 is 23.2 Å². The second-order valence-corrected chi connectivity index (χ2v) is 8.28. The molecule has 2 rings (SSSR count). The van der Waals surface area contributed by atoms with Crippen molar-refractivity contribution in [2.75, 3.05) is 17.8 Å². The van der Waals surface area contributed by atoms with Crippen LogP contribution < -0.4 is 16.6 Å². The Morgan fingerprint density at radius 2 is 1.80 bits per heavy atom. The van der Waals surface area contributed by atoms with Crippen molar-refractivity contribution < 1.29 is 0 Å². The molecule has 1 unspecified atom stereocenters. The molecule has 136 valence electrons. The van der Waals surface area contributed by atoms with Gasteiger partial charge in [-0.15, -0.1) is 11.6 Å². The van der Waals surface area contributed by atoms with E-state index in [2.05, 4.69) is 45.9 Å². The van der Waals surface area contributed by atoms with Crippen molar-refractivity contribution in [2.45, 2.75) is 39.5 Å². The first-order valence-corrected chi connectivity index (χ1v) is 9.20. The van der Waals surface area contributed by atoms with E-state index in [-0.39, 0.29) is 11.3 Å². The molecule has 0 radical (unpaired) electrons. The van der Waals surface area contributed by atoms with Gasteiger partial charge in [0.05, 0.1) is 11.4 Å². The van der Waals surface area contributed by atoms with Crippen LogP contribution in [0.1, 0.15) is 48.9 Å². The van der Waals surface area contributed by atoms with Crippen molar-refractivity contribution in [3.05, 3.63) is 57.6 Å². The Labute approximate surface area is 160 Å². The lowest BCUT2D eigenvalue weighted by Crippen LogP contribution is -2.27. The van der Waals surface area contributed by atoms with Gasteiger partial charge in [0.2, 0.25) is 0 Å². The first-order chi connectivity index (χ1) is 11.6. The summed E-state index contributed by atoms with van der Waals surface area (Å²) in [7, 11) is 1.79. The average Bonchev–Trinajstić information content (AvgIpc) is 2.51. The van der Waals surface area contributed by atoms with Crippen LogP contribution in [0.4, 0.5) is 11.4 Å². The SMILES string of the molecule is Cc1c(C(c2ccc(Cl)c(CCl)c2)C(C)(C)C)ccc(N(C)N)c1N. The Morgan fingerprint density at radius 3 is 2.32 bits per heavy atom. The topological polar surface area (TPSA) is 55.3 Å². The summed E-state index contributed by atoms with van der Waals surface area (Å²) < 4.78 is 0. The zero-order valence-electron chi connectivity index (χ0n) is 15.5. The molecule has 0 aliphatic heterocycles. The van der Waals surface area contributed by atoms with Crippen LogP contribution in [0.3, 0.4) is 0 Å². The number of hydrazine groups is 1. The zero-order chi connectivity index (χ0) is 18.9. The maximum absolute atomic E-state index is 6.36. The van der Waals surface area contributed by atoms with Gasteiger partial charge in [-0.2, -0.15) is 0 Å². The molecule has 0 aliphatic carbocycles. The third-order valence-electron chi connectivity index (χ3n) is 4.64. The Hall–Kier alpha value is -1.42. The summed E-state index contributed by atoms with van der Waals surface area (Å²) in [6.45, 7) is 8.73. The molecule has 0 fully saturated rings. The van der Waals surface area contributed by atoms with Crippen LogP contribution in [0.5, 0.6) is 0 Å². The van der Waals surface area contributed by atoms with E-state index in [0.29, 0.717) is 16.6 Å². The number of rotatable bonds is 4. The largest absolute Gasteiger partial charge is 0.397 e. The molecule has 0 aliphatic rings. The normalized spacial score (nSPS) is 13.0. The predicted molar refractivity (Wildman–Crippen MR) is 110 cm³/mol. The number of hydrogen-bond acceptors (Lipinski definition) is 3. The molecular weight excluding hydrogens is 353 g/mol. The molecule has 0 saturated carbocycles. The Balaban J connectivity index is 2.67. The molecule has 0 aromatic heterocycles. The summed E-state index contributed by atoms with van der Waals surface area (Å²) in [6.07, 6.45) is 0. The third-order valence-corrected chi connectivity index (χ3v) is 5.29. The number of nitrogens with two attached hydrogens (primary N) is 2. The maximum atomic E-state index is 6.36. The van der Waals surface area contributed by atoms with E-state index < -0.39 is 0 Å². The molecule has 4 N–H and O–H groups in total. The summed E-state index contributed by atoms with van der Waals surface area (Å²) in [6, 6.07) is 10.2. The molecule has 2 aromatic carbocycles. The molecule has 5 heteroatoms. The van der Waals surface area contributed by atoms with E-state index in [9.17, 15) is 0 Å². The molecular formula is C20H27Cl2N3. The fourth-order valence-corrected chi connectivity index (χ4v) is 3.85. The summed E-state index contributed by atoms with van der Waals surface area (Å²) in [5.41, 5.74) is 12.3. The molecule has 1 atom stereocenters. The fourth-order valence-electron chi connectivity index (χ4n) is 3.37. The van der Waals surface area contributed by atoms with Gasteiger partial charge >= 0.3 is 0 Å². The standard InChI is InChI=1S/C20H27Cl2N3/c1-12-15(7-9-17(19(12)23)25(5)24)18(20(2,3)4)13-6-8-16(22)14(10-13)11-21/h6-10,18H,11,23-24H2,1-5H3. The smallest absolute Gasteiger partial charge is 0.0746 e. The van der Waals surface area contributed by atoms with E-state index >= 15 is 0 Å². The fraction of sp³-hybridized carbons (Fsp3) is 0.400. The minimum absolute atomic E-state index is 0.00918. The van der Waals surface area contributed by atoms with Crippen LogP contribution in [0.15, 0.2) is 30.3 Å². The van der Waals surface area contributed by atoms with Gasteiger partial charge < -0.3 is 10.7 Å². The summed E-state index contributed by atoms with van der Waals surface area (Å²) in [5, 5.41) is 2.24. The van der Waals surface area contributed by atoms with Crippen molar-refractivity contribution in [1.29, 1.82) is 0 Å². The highest BCUT2D eigenvalue weighted by atomic mass is 35.5. The van der Waals surface area contributed by atoms with E-state index in [1.165, 1.54) is 11.1 Å². The van der Waals surface area contributed by atoms with Gasteiger partial charge in [-0.3, -0.25) is 0 Å². The Kier molecular flexibility index (Phi) is 5.93. The third kappa shape index (κ3) is 4.05. The highest BCUT2D eigenvalue weighted by Gasteiger charge is 2.30. The molecule has 2 aromatic rings. The first kappa shape index (κ1) is 19.9. The number of anilines is 2. The predicted octanol–water partition coefficient (Wildman–Crippen LogP) is 5.46. The maximum Gasteiger partial charge on any atom is 0.0746 e. The number of hydrogen-bond donors (Lipinski definition) is 2. The lowest BCUT2D eigenvalue weighted by Gasteiger charge is -2.34. The van der Waals surface area contributed by atoms with Gasteiger partial charge in [-0.05, 0) is 46.7 Å². The minimum Gasteiger partial charge on any atom is -0.397 e. The number of halogens is 2. The molecule has 3 nitrogen and oxygen atoms in total. The van der Waals surface area contributed by atoms with Crippen LogP contribution in [-0.4, -0.2) is 7.05 Å². The van der Waals surface area contributed by atoms with Gasteiger partial charge in [0.25, 0.3) is 0 Å². The monoisotopic (exact) mass is 379 g/mol. The summed E-state index contributed by atoms with van der Waals surface area (Å²) >= 11 is 12.3. The summed E-state index contributed by atoms with van der Waals surface area (Å²) in [4.78, 5) is 0.